The number of ether oxygens (including phenoxy) is 1. The Bertz CT molecular complexity index is 1730. The van der Waals surface area contributed by atoms with Crippen LogP contribution in [0.4, 0.5) is 18.9 Å². The number of fused-ring (bicyclic) bond motifs is 1. The van der Waals surface area contributed by atoms with E-state index in [-0.39, 0.29) is 54.0 Å². The SMILES string of the molecule is COc1ccc(-c2nc3c(C(=O)N4CCN([C@@H](CO)c5ccccc5NC(=O)C5CC5)CC4)cnn3c(C(F)(F)F)c2C)cc1. The average molecular weight is 623 g/mol. The Morgan fingerprint density at radius 2 is 1.76 bits per heavy atom. The number of hydrogen-bond acceptors (Lipinski definition) is 7. The topological polar surface area (TPSA) is 112 Å². The van der Waals surface area contributed by atoms with Gasteiger partial charge in [-0.3, -0.25) is 14.5 Å². The minimum Gasteiger partial charge on any atom is -0.497 e. The molecule has 2 aromatic heterocycles. The van der Waals surface area contributed by atoms with Gasteiger partial charge in [-0.2, -0.15) is 18.3 Å². The maximum Gasteiger partial charge on any atom is 0.433 e. The van der Waals surface area contributed by atoms with Gasteiger partial charge in [0.15, 0.2) is 11.3 Å². The predicted molar refractivity (Wildman–Crippen MR) is 160 cm³/mol. The third-order valence-electron chi connectivity index (χ3n) is 8.49. The molecule has 0 radical (unpaired) electrons. The number of alkyl halides is 3. The van der Waals surface area contributed by atoms with Gasteiger partial charge in [0.1, 0.15) is 11.3 Å². The molecule has 1 aliphatic carbocycles. The van der Waals surface area contributed by atoms with Crippen LogP contribution in [0.2, 0.25) is 0 Å². The lowest BCUT2D eigenvalue weighted by molar-refractivity contribution is -0.143. The van der Waals surface area contributed by atoms with E-state index in [1.54, 1.807) is 29.2 Å². The van der Waals surface area contributed by atoms with E-state index in [0.717, 1.165) is 24.6 Å². The summed E-state index contributed by atoms with van der Waals surface area (Å²) < 4.78 is 48.9. The molecule has 0 spiro atoms. The Labute approximate surface area is 257 Å². The van der Waals surface area contributed by atoms with Gasteiger partial charge in [0.05, 0.1) is 31.6 Å². The Morgan fingerprint density at radius 3 is 2.38 bits per heavy atom. The number of benzene rings is 2. The van der Waals surface area contributed by atoms with E-state index in [4.69, 9.17) is 4.74 Å². The lowest BCUT2D eigenvalue weighted by Crippen LogP contribution is -2.50. The fourth-order valence-corrected chi connectivity index (χ4v) is 5.89. The summed E-state index contributed by atoms with van der Waals surface area (Å²) in [6.07, 6.45) is -1.87. The van der Waals surface area contributed by atoms with Crippen LogP contribution < -0.4 is 10.1 Å². The molecule has 1 saturated heterocycles. The highest BCUT2D eigenvalue weighted by Crippen LogP contribution is 2.37. The number of rotatable bonds is 8. The van der Waals surface area contributed by atoms with Crippen molar-refractivity contribution in [1.29, 1.82) is 0 Å². The molecule has 236 valence electrons. The number of methoxy groups -OCH3 is 1. The monoisotopic (exact) mass is 622 g/mol. The highest BCUT2D eigenvalue weighted by Gasteiger charge is 2.39. The largest absolute Gasteiger partial charge is 0.497 e. The quantitative estimate of drug-likeness (QED) is 0.296. The van der Waals surface area contributed by atoms with Gasteiger partial charge in [0.2, 0.25) is 5.91 Å². The van der Waals surface area contributed by atoms with Crippen molar-refractivity contribution in [3.63, 3.8) is 0 Å². The summed E-state index contributed by atoms with van der Waals surface area (Å²) in [5.41, 5.74) is 0.637. The van der Waals surface area contributed by atoms with Crippen molar-refractivity contribution in [3.05, 3.63) is 77.1 Å². The smallest absolute Gasteiger partial charge is 0.433 e. The maximum absolute atomic E-state index is 14.3. The molecule has 0 bridgehead atoms. The van der Waals surface area contributed by atoms with Crippen molar-refractivity contribution in [3.8, 4) is 17.0 Å². The van der Waals surface area contributed by atoms with Crippen LogP contribution in [0.15, 0.2) is 54.7 Å². The van der Waals surface area contributed by atoms with Gasteiger partial charge < -0.3 is 20.1 Å². The summed E-state index contributed by atoms with van der Waals surface area (Å²) in [5.74, 6) is 0.0591. The van der Waals surface area contributed by atoms with E-state index < -0.39 is 23.8 Å². The molecule has 2 aromatic carbocycles. The Morgan fingerprint density at radius 1 is 1.07 bits per heavy atom. The Balaban J connectivity index is 1.25. The van der Waals surface area contributed by atoms with E-state index in [0.29, 0.717) is 34.6 Å². The number of carbonyl (C=O) groups excluding carboxylic acids is 2. The molecule has 3 heterocycles. The number of aliphatic hydroxyl groups is 1. The van der Waals surface area contributed by atoms with Crippen molar-refractivity contribution < 1.29 is 32.6 Å². The minimum atomic E-state index is -4.75. The molecule has 2 aliphatic rings. The molecule has 45 heavy (non-hydrogen) atoms. The Kier molecular flexibility index (Phi) is 8.23. The molecule has 1 aliphatic heterocycles. The van der Waals surface area contributed by atoms with Crippen molar-refractivity contribution in [2.45, 2.75) is 32.0 Å². The van der Waals surface area contributed by atoms with Crippen LogP contribution in [0.25, 0.3) is 16.9 Å². The number of aromatic nitrogens is 3. The number of hydrogen-bond donors (Lipinski definition) is 2. The minimum absolute atomic E-state index is 0.0259. The molecule has 2 fully saturated rings. The van der Waals surface area contributed by atoms with Gasteiger partial charge in [0.25, 0.3) is 5.91 Å². The molecule has 10 nitrogen and oxygen atoms in total. The van der Waals surface area contributed by atoms with E-state index in [2.05, 4.69) is 15.4 Å². The number of piperazine rings is 1. The van der Waals surface area contributed by atoms with Crippen molar-refractivity contribution in [2.75, 3.05) is 45.2 Å². The van der Waals surface area contributed by atoms with E-state index >= 15 is 0 Å². The zero-order valence-corrected chi connectivity index (χ0v) is 24.8. The normalized spacial score (nSPS) is 16.5. The van der Waals surface area contributed by atoms with Crippen LogP contribution in [0.3, 0.4) is 0 Å². The number of amides is 2. The van der Waals surface area contributed by atoms with Gasteiger partial charge >= 0.3 is 6.18 Å². The second kappa shape index (κ2) is 12.1. The van der Waals surface area contributed by atoms with Crippen LogP contribution in [-0.4, -0.2) is 81.2 Å². The summed E-state index contributed by atoms with van der Waals surface area (Å²) >= 11 is 0. The number of anilines is 1. The average Bonchev–Trinajstić information content (AvgIpc) is 3.81. The van der Waals surface area contributed by atoms with Crippen LogP contribution in [0.1, 0.15) is 46.1 Å². The number of nitrogens with zero attached hydrogens (tertiary/aromatic N) is 5. The first-order valence-electron chi connectivity index (χ1n) is 14.7. The first-order chi connectivity index (χ1) is 21.6. The van der Waals surface area contributed by atoms with Gasteiger partial charge in [-0.05, 0) is 55.7 Å². The first-order valence-corrected chi connectivity index (χ1v) is 14.7. The predicted octanol–water partition coefficient (Wildman–Crippen LogP) is 4.57. The molecule has 1 atom stereocenters. The fourth-order valence-electron chi connectivity index (χ4n) is 5.89. The Hall–Kier alpha value is -4.49. The zero-order chi connectivity index (χ0) is 31.9. The molecule has 2 N–H and O–H groups in total. The van der Waals surface area contributed by atoms with Crippen LogP contribution in [0.5, 0.6) is 5.75 Å². The number of halogens is 3. The highest BCUT2D eigenvalue weighted by atomic mass is 19.4. The number of aliphatic hydroxyl groups excluding tert-OH is 1. The lowest BCUT2D eigenvalue weighted by atomic mass is 10.0. The van der Waals surface area contributed by atoms with Crippen molar-refractivity contribution in [1.82, 2.24) is 24.4 Å². The molecule has 0 unspecified atom stereocenters. The van der Waals surface area contributed by atoms with E-state index in [1.165, 1.54) is 14.0 Å². The third-order valence-corrected chi connectivity index (χ3v) is 8.49. The maximum atomic E-state index is 14.3. The fraction of sp³-hybridized carbons (Fsp3) is 0.375. The zero-order valence-electron chi connectivity index (χ0n) is 24.8. The standard InChI is InChI=1S/C32H33F3N6O4/c1-19-27(20-9-11-22(45-2)12-10-20)38-29-24(17-36-41(29)28(19)32(33,34)35)31(44)40-15-13-39(14-16-40)26(18-42)23-5-3-4-6-25(23)37-30(43)21-7-8-21/h3-6,9-12,17,21,26,42H,7-8,13-16,18H2,1-2H3,(H,37,43)/t26-/m0/s1. The summed E-state index contributed by atoms with van der Waals surface area (Å²) in [6.45, 7) is 2.48. The van der Waals surface area contributed by atoms with Crippen LogP contribution in [0, 0.1) is 12.8 Å². The van der Waals surface area contributed by atoms with Crippen LogP contribution in [-0.2, 0) is 11.0 Å². The lowest BCUT2D eigenvalue weighted by Gasteiger charge is -2.39. The second-order valence-electron chi connectivity index (χ2n) is 11.3. The van der Waals surface area contributed by atoms with Gasteiger partial charge in [-0.1, -0.05) is 18.2 Å². The summed E-state index contributed by atoms with van der Waals surface area (Å²) in [7, 11) is 1.49. The number of carbonyl (C=O) groups is 2. The molecule has 2 amide bonds. The van der Waals surface area contributed by atoms with Crippen molar-refractivity contribution >= 4 is 23.1 Å². The molecular formula is C32H33F3N6O4. The third kappa shape index (κ3) is 5.97. The summed E-state index contributed by atoms with van der Waals surface area (Å²) in [5, 5.41) is 17.3. The molecule has 4 aromatic rings. The summed E-state index contributed by atoms with van der Waals surface area (Å²) in [6, 6.07) is 13.4. The first kappa shape index (κ1) is 30.5. The van der Waals surface area contributed by atoms with Crippen molar-refractivity contribution in [2.24, 2.45) is 5.92 Å². The van der Waals surface area contributed by atoms with Gasteiger partial charge in [-0.15, -0.1) is 0 Å². The number of para-hydroxylation sites is 1. The van der Waals surface area contributed by atoms with E-state index in [1.807, 2.05) is 29.2 Å². The van der Waals surface area contributed by atoms with Crippen LogP contribution >= 0.6 is 0 Å². The summed E-state index contributed by atoms with van der Waals surface area (Å²) in [4.78, 5) is 34.3. The number of nitrogens with one attached hydrogen (secondary N) is 1. The van der Waals surface area contributed by atoms with Gasteiger partial charge in [-0.25, -0.2) is 9.50 Å². The molecule has 13 heteroatoms. The molecular weight excluding hydrogens is 589 g/mol. The van der Waals surface area contributed by atoms with E-state index in [9.17, 15) is 27.9 Å². The highest BCUT2D eigenvalue weighted by molar-refractivity contribution is 6.00. The second-order valence-corrected chi connectivity index (χ2v) is 11.3. The van der Waals surface area contributed by atoms with Gasteiger partial charge in [0, 0.05) is 48.9 Å². The molecule has 1 saturated carbocycles. The molecule has 6 rings (SSSR count).